The molecule has 0 bridgehead atoms. The van der Waals surface area contributed by atoms with Gasteiger partial charge in [0, 0.05) is 6.04 Å². The highest BCUT2D eigenvalue weighted by molar-refractivity contribution is 5.30. The molecular formula is C11H16F2N2O. The maximum Gasteiger partial charge on any atom is 0.387 e. The molecule has 0 aliphatic rings. The normalized spacial score (nSPS) is 13.2. The van der Waals surface area contributed by atoms with Gasteiger partial charge in [0.1, 0.15) is 5.75 Å². The number of benzene rings is 1. The number of alkyl halides is 2. The Morgan fingerprint density at radius 1 is 1.31 bits per heavy atom. The van der Waals surface area contributed by atoms with E-state index < -0.39 is 6.61 Å². The number of nitrogens with two attached hydrogens (primary N) is 1. The summed E-state index contributed by atoms with van der Waals surface area (Å²) in [7, 11) is 0. The van der Waals surface area contributed by atoms with Crippen molar-refractivity contribution in [1.29, 1.82) is 0 Å². The number of nitrogens with one attached hydrogen (secondary N) is 1. The molecule has 1 aromatic carbocycles. The molecule has 0 spiro atoms. The molecule has 1 aromatic rings. The molecule has 0 aliphatic carbocycles. The molecule has 3 nitrogen and oxygen atoms in total. The Morgan fingerprint density at radius 3 is 2.50 bits per heavy atom. The predicted octanol–water partition coefficient (Wildman–Crippen LogP) is 2.45. The summed E-state index contributed by atoms with van der Waals surface area (Å²) >= 11 is 0. The molecule has 0 saturated carbocycles. The van der Waals surface area contributed by atoms with E-state index in [1.165, 1.54) is 6.07 Å². The Bertz CT molecular complexity index is 332. The van der Waals surface area contributed by atoms with Crippen LogP contribution in [0.25, 0.3) is 0 Å². The molecule has 16 heavy (non-hydrogen) atoms. The second-order valence-electron chi connectivity index (χ2n) is 3.84. The van der Waals surface area contributed by atoms with Crippen molar-refractivity contribution in [3.05, 3.63) is 29.8 Å². The third-order valence-corrected chi connectivity index (χ3v) is 2.29. The summed E-state index contributed by atoms with van der Waals surface area (Å²) in [6, 6.07) is 6.46. The number of hydrogen-bond acceptors (Lipinski definition) is 3. The predicted molar refractivity (Wildman–Crippen MR) is 58.0 cm³/mol. The summed E-state index contributed by atoms with van der Waals surface area (Å²) in [4.78, 5) is 0. The molecule has 0 amide bonds. The molecule has 0 saturated heterocycles. The van der Waals surface area contributed by atoms with E-state index in [0.29, 0.717) is 0 Å². The van der Waals surface area contributed by atoms with E-state index in [1.54, 1.807) is 12.1 Å². The van der Waals surface area contributed by atoms with Gasteiger partial charge in [0.15, 0.2) is 0 Å². The Balaban J connectivity index is 2.88. The fourth-order valence-corrected chi connectivity index (χ4v) is 1.56. The van der Waals surface area contributed by atoms with Gasteiger partial charge in [0.25, 0.3) is 0 Å². The zero-order valence-corrected chi connectivity index (χ0v) is 9.28. The summed E-state index contributed by atoms with van der Waals surface area (Å²) in [5, 5.41) is 0. The molecule has 0 radical (unpaired) electrons. The fourth-order valence-electron chi connectivity index (χ4n) is 1.56. The van der Waals surface area contributed by atoms with Crippen LogP contribution in [0, 0.1) is 5.92 Å². The van der Waals surface area contributed by atoms with Gasteiger partial charge in [-0.1, -0.05) is 26.0 Å². The van der Waals surface area contributed by atoms with Crippen molar-refractivity contribution in [1.82, 2.24) is 5.43 Å². The van der Waals surface area contributed by atoms with Crippen molar-refractivity contribution in [3.63, 3.8) is 0 Å². The lowest BCUT2D eigenvalue weighted by atomic mass is 9.97. The monoisotopic (exact) mass is 230 g/mol. The number of hydrogen-bond donors (Lipinski definition) is 2. The maximum absolute atomic E-state index is 12.0. The van der Waals surface area contributed by atoms with Crippen molar-refractivity contribution < 1.29 is 13.5 Å². The minimum absolute atomic E-state index is 0.0822. The first-order chi connectivity index (χ1) is 7.54. The molecule has 0 fully saturated rings. The third kappa shape index (κ3) is 3.43. The number of rotatable bonds is 5. The van der Waals surface area contributed by atoms with Crippen LogP contribution in [0.3, 0.4) is 0 Å². The quantitative estimate of drug-likeness (QED) is 0.603. The number of hydrazine groups is 1. The standard InChI is InChI=1S/C11H16F2N2O/c1-7(2)10(15-14)8-4-3-5-9(6-8)16-11(12)13/h3-7,10-11,15H,14H2,1-2H3. The number of halogens is 2. The van der Waals surface area contributed by atoms with Gasteiger partial charge in [-0.25, -0.2) is 0 Å². The lowest BCUT2D eigenvalue weighted by Crippen LogP contribution is -2.31. The van der Waals surface area contributed by atoms with Gasteiger partial charge in [-0.2, -0.15) is 8.78 Å². The summed E-state index contributed by atoms with van der Waals surface area (Å²) in [5.74, 6) is 5.82. The van der Waals surface area contributed by atoms with Crippen LogP contribution >= 0.6 is 0 Å². The average molecular weight is 230 g/mol. The molecule has 1 atom stereocenters. The minimum atomic E-state index is -2.81. The second-order valence-corrected chi connectivity index (χ2v) is 3.84. The fraction of sp³-hybridized carbons (Fsp3) is 0.455. The van der Waals surface area contributed by atoms with Crippen molar-refractivity contribution in [2.75, 3.05) is 0 Å². The van der Waals surface area contributed by atoms with E-state index >= 15 is 0 Å². The Labute approximate surface area is 93.6 Å². The molecule has 0 aliphatic heterocycles. The zero-order valence-electron chi connectivity index (χ0n) is 9.28. The topological polar surface area (TPSA) is 47.3 Å². The summed E-state index contributed by atoms with van der Waals surface area (Å²) in [6.07, 6.45) is 0. The highest BCUT2D eigenvalue weighted by Crippen LogP contribution is 2.24. The van der Waals surface area contributed by atoms with Gasteiger partial charge in [-0.05, 0) is 23.6 Å². The van der Waals surface area contributed by atoms with Gasteiger partial charge >= 0.3 is 6.61 Å². The van der Waals surface area contributed by atoms with E-state index in [9.17, 15) is 8.78 Å². The van der Waals surface area contributed by atoms with Crippen LogP contribution in [-0.2, 0) is 0 Å². The third-order valence-electron chi connectivity index (χ3n) is 2.29. The maximum atomic E-state index is 12.0. The van der Waals surface area contributed by atoms with Crippen LogP contribution in [0.2, 0.25) is 0 Å². The summed E-state index contributed by atoms with van der Waals surface area (Å²) in [6.45, 7) is 1.18. The first-order valence-corrected chi connectivity index (χ1v) is 5.05. The van der Waals surface area contributed by atoms with Crippen molar-refractivity contribution in [2.45, 2.75) is 26.5 Å². The molecule has 3 N–H and O–H groups in total. The van der Waals surface area contributed by atoms with Gasteiger partial charge in [-0.3, -0.25) is 11.3 Å². The summed E-state index contributed by atoms with van der Waals surface area (Å²) in [5.41, 5.74) is 3.48. The first-order valence-electron chi connectivity index (χ1n) is 5.05. The Morgan fingerprint density at radius 2 is 2.00 bits per heavy atom. The zero-order chi connectivity index (χ0) is 12.1. The molecule has 0 heterocycles. The lowest BCUT2D eigenvalue weighted by Gasteiger charge is -2.20. The van der Waals surface area contributed by atoms with Crippen LogP contribution in [0.1, 0.15) is 25.5 Å². The van der Waals surface area contributed by atoms with E-state index in [4.69, 9.17) is 5.84 Å². The van der Waals surface area contributed by atoms with Gasteiger partial charge in [0.2, 0.25) is 0 Å². The largest absolute Gasteiger partial charge is 0.435 e. The van der Waals surface area contributed by atoms with Gasteiger partial charge in [-0.15, -0.1) is 0 Å². The highest BCUT2D eigenvalue weighted by Gasteiger charge is 2.15. The van der Waals surface area contributed by atoms with Crippen LogP contribution < -0.4 is 16.0 Å². The Kier molecular flexibility index (Phi) is 4.64. The van der Waals surface area contributed by atoms with E-state index in [-0.39, 0.29) is 17.7 Å². The first kappa shape index (κ1) is 12.9. The van der Waals surface area contributed by atoms with Crippen LogP contribution in [-0.4, -0.2) is 6.61 Å². The minimum Gasteiger partial charge on any atom is -0.435 e. The van der Waals surface area contributed by atoms with Crippen LogP contribution in [0.15, 0.2) is 24.3 Å². The van der Waals surface area contributed by atoms with Gasteiger partial charge < -0.3 is 4.74 Å². The SMILES string of the molecule is CC(C)C(NN)c1cccc(OC(F)F)c1. The van der Waals surface area contributed by atoms with Crippen LogP contribution in [0.5, 0.6) is 5.75 Å². The summed E-state index contributed by atoms with van der Waals surface area (Å²) < 4.78 is 28.4. The second kappa shape index (κ2) is 5.77. The molecule has 0 aromatic heterocycles. The van der Waals surface area contributed by atoms with Gasteiger partial charge in [0.05, 0.1) is 0 Å². The highest BCUT2D eigenvalue weighted by atomic mass is 19.3. The number of ether oxygens (including phenoxy) is 1. The van der Waals surface area contributed by atoms with Crippen LogP contribution in [0.4, 0.5) is 8.78 Å². The average Bonchev–Trinajstić information content (AvgIpc) is 2.17. The van der Waals surface area contributed by atoms with Crippen molar-refractivity contribution in [2.24, 2.45) is 11.8 Å². The molecule has 90 valence electrons. The van der Waals surface area contributed by atoms with E-state index in [0.717, 1.165) is 5.56 Å². The van der Waals surface area contributed by atoms with E-state index in [1.807, 2.05) is 19.9 Å². The Hall–Kier alpha value is -1.20. The smallest absolute Gasteiger partial charge is 0.387 e. The van der Waals surface area contributed by atoms with Crippen molar-refractivity contribution >= 4 is 0 Å². The molecule has 5 heteroatoms. The molecule has 1 unspecified atom stereocenters. The van der Waals surface area contributed by atoms with Crippen molar-refractivity contribution in [3.8, 4) is 5.75 Å². The lowest BCUT2D eigenvalue weighted by molar-refractivity contribution is -0.0499. The molecule has 1 rings (SSSR count). The molecular weight excluding hydrogens is 214 g/mol. The van der Waals surface area contributed by atoms with E-state index in [2.05, 4.69) is 10.2 Å².